The van der Waals surface area contributed by atoms with E-state index in [1.54, 1.807) is 13.0 Å². The number of aryl methyl sites for hydroxylation is 1. The van der Waals surface area contributed by atoms with E-state index in [9.17, 15) is 9.59 Å². The van der Waals surface area contributed by atoms with Crippen LogP contribution in [0, 0.1) is 0 Å². The summed E-state index contributed by atoms with van der Waals surface area (Å²) in [4.78, 5) is 35.2. The summed E-state index contributed by atoms with van der Waals surface area (Å²) in [6, 6.07) is 13.2. The van der Waals surface area contributed by atoms with Crippen LogP contribution in [-0.4, -0.2) is 34.9 Å². The molecule has 1 aliphatic rings. The van der Waals surface area contributed by atoms with Crippen molar-refractivity contribution in [3.63, 3.8) is 0 Å². The van der Waals surface area contributed by atoms with Gasteiger partial charge >= 0.3 is 0 Å². The van der Waals surface area contributed by atoms with Crippen LogP contribution in [0.15, 0.2) is 48.7 Å². The number of nitrogens with one attached hydrogen (secondary N) is 3. The number of rotatable bonds is 9. The molecule has 0 spiro atoms. The lowest BCUT2D eigenvalue weighted by Gasteiger charge is -2.23. The Labute approximate surface area is 215 Å². The number of hydrogen-bond acceptors (Lipinski definition) is 7. The molecule has 188 valence electrons. The first kappa shape index (κ1) is 25.4. The van der Waals surface area contributed by atoms with Crippen molar-refractivity contribution < 1.29 is 9.59 Å². The third kappa shape index (κ3) is 6.10. The van der Waals surface area contributed by atoms with Crippen molar-refractivity contribution in [3.05, 3.63) is 59.2 Å². The van der Waals surface area contributed by atoms with Gasteiger partial charge in [-0.15, -0.1) is 0 Å². The molecule has 0 atom stereocenters. The van der Waals surface area contributed by atoms with Crippen molar-refractivity contribution in [1.29, 1.82) is 0 Å². The van der Waals surface area contributed by atoms with Crippen LogP contribution in [0.2, 0.25) is 5.02 Å². The van der Waals surface area contributed by atoms with Gasteiger partial charge < -0.3 is 26.6 Å². The van der Waals surface area contributed by atoms with Gasteiger partial charge in [0, 0.05) is 30.8 Å². The quantitative estimate of drug-likeness (QED) is 0.321. The standard InChI is InChI=1S/C26H30ClN7O2/c1-2-23(35)31-20-8-3-4-9-21(20)32-25-19(27)16-29-26(33-25)30-18-11-12-22-17(15-18)7-5-10-24(36)34(22)14-6-13-28/h3-4,8-9,11-12,15-16H,2,5-7,10,13-14,28H2,1H3,(H,31,35)(H2,29,30,32,33). The Hall–Kier alpha value is -3.69. The topological polar surface area (TPSA) is 125 Å². The molecule has 0 saturated heterocycles. The average Bonchev–Trinajstić information content (AvgIpc) is 3.03. The van der Waals surface area contributed by atoms with Crippen LogP contribution in [0.25, 0.3) is 0 Å². The van der Waals surface area contributed by atoms with Crippen molar-refractivity contribution in [1.82, 2.24) is 9.97 Å². The Bertz CT molecular complexity index is 1250. The molecule has 0 bridgehead atoms. The van der Waals surface area contributed by atoms with E-state index in [1.807, 2.05) is 41.3 Å². The largest absolute Gasteiger partial charge is 0.337 e. The second kappa shape index (κ2) is 11.8. The third-order valence-electron chi connectivity index (χ3n) is 5.87. The highest BCUT2D eigenvalue weighted by atomic mass is 35.5. The summed E-state index contributed by atoms with van der Waals surface area (Å²) >= 11 is 6.37. The zero-order chi connectivity index (χ0) is 25.5. The second-order valence-electron chi connectivity index (χ2n) is 8.47. The predicted octanol–water partition coefficient (Wildman–Crippen LogP) is 4.98. The number of carbonyl (C=O) groups is 2. The van der Waals surface area contributed by atoms with Crippen LogP contribution in [0.3, 0.4) is 0 Å². The number of hydrogen-bond donors (Lipinski definition) is 4. The molecular weight excluding hydrogens is 478 g/mol. The SMILES string of the molecule is CCC(=O)Nc1ccccc1Nc1nc(Nc2ccc3c(c2)CCCC(=O)N3CCCN)ncc1Cl. The van der Waals surface area contributed by atoms with Crippen LogP contribution < -0.4 is 26.6 Å². The molecule has 0 aliphatic carbocycles. The van der Waals surface area contributed by atoms with E-state index in [4.69, 9.17) is 17.3 Å². The molecule has 0 saturated carbocycles. The predicted molar refractivity (Wildman–Crippen MR) is 144 cm³/mol. The third-order valence-corrected chi connectivity index (χ3v) is 6.15. The molecule has 10 heteroatoms. The van der Waals surface area contributed by atoms with Crippen LogP contribution in [-0.2, 0) is 16.0 Å². The van der Waals surface area contributed by atoms with Crippen molar-refractivity contribution in [2.24, 2.45) is 5.73 Å². The van der Waals surface area contributed by atoms with Crippen molar-refractivity contribution in [3.8, 4) is 0 Å². The molecule has 0 fully saturated rings. The molecular formula is C26H30ClN7O2. The molecule has 1 aromatic heterocycles. The van der Waals surface area contributed by atoms with Gasteiger partial charge in [0.15, 0.2) is 5.82 Å². The van der Waals surface area contributed by atoms with E-state index < -0.39 is 0 Å². The molecule has 1 aliphatic heterocycles. The monoisotopic (exact) mass is 507 g/mol. The molecule has 0 unspecified atom stereocenters. The van der Waals surface area contributed by atoms with Gasteiger partial charge in [-0.1, -0.05) is 30.7 Å². The lowest BCUT2D eigenvalue weighted by atomic mass is 10.1. The zero-order valence-electron chi connectivity index (χ0n) is 20.2. The summed E-state index contributed by atoms with van der Waals surface area (Å²) in [5, 5.41) is 9.64. The number of nitrogens with two attached hydrogens (primary N) is 1. The van der Waals surface area contributed by atoms with Crippen molar-refractivity contribution >= 4 is 57.9 Å². The maximum atomic E-state index is 12.6. The van der Waals surface area contributed by atoms with E-state index in [1.165, 1.54) is 6.20 Å². The Balaban J connectivity index is 1.55. The van der Waals surface area contributed by atoms with E-state index in [0.717, 1.165) is 36.2 Å². The molecule has 2 heterocycles. The Morgan fingerprint density at radius 1 is 1.14 bits per heavy atom. The average molecular weight is 508 g/mol. The highest BCUT2D eigenvalue weighted by molar-refractivity contribution is 6.33. The maximum absolute atomic E-state index is 12.6. The van der Waals surface area contributed by atoms with Gasteiger partial charge in [-0.05, 0) is 61.7 Å². The van der Waals surface area contributed by atoms with E-state index in [-0.39, 0.29) is 11.8 Å². The number of amides is 2. The Morgan fingerprint density at radius 2 is 1.94 bits per heavy atom. The number of aromatic nitrogens is 2. The highest BCUT2D eigenvalue weighted by Crippen LogP contribution is 2.32. The molecule has 9 nitrogen and oxygen atoms in total. The van der Waals surface area contributed by atoms with E-state index in [0.29, 0.717) is 54.1 Å². The lowest BCUT2D eigenvalue weighted by molar-refractivity contribution is -0.118. The number of anilines is 6. The first-order valence-electron chi connectivity index (χ1n) is 12.1. The minimum absolute atomic E-state index is 0.0908. The molecule has 2 aromatic carbocycles. The first-order chi connectivity index (χ1) is 17.5. The zero-order valence-corrected chi connectivity index (χ0v) is 20.9. The summed E-state index contributed by atoms with van der Waals surface area (Å²) in [7, 11) is 0. The van der Waals surface area contributed by atoms with Crippen LogP contribution >= 0.6 is 11.6 Å². The number of para-hydroxylation sites is 2. The van der Waals surface area contributed by atoms with Crippen LogP contribution in [0.4, 0.5) is 34.5 Å². The van der Waals surface area contributed by atoms with Gasteiger partial charge in [0.1, 0.15) is 5.02 Å². The fourth-order valence-electron chi connectivity index (χ4n) is 4.03. The van der Waals surface area contributed by atoms with Gasteiger partial charge in [0.05, 0.1) is 17.6 Å². The van der Waals surface area contributed by atoms with Gasteiger partial charge in [0.25, 0.3) is 0 Å². The van der Waals surface area contributed by atoms with Gasteiger partial charge in [-0.25, -0.2) is 4.98 Å². The summed E-state index contributed by atoms with van der Waals surface area (Å²) < 4.78 is 0. The molecule has 3 aromatic rings. The van der Waals surface area contributed by atoms with Gasteiger partial charge in [-0.3, -0.25) is 9.59 Å². The Morgan fingerprint density at radius 3 is 2.72 bits per heavy atom. The van der Waals surface area contributed by atoms with Crippen molar-refractivity contribution in [2.75, 3.05) is 33.9 Å². The fraction of sp³-hybridized carbons (Fsp3) is 0.308. The fourth-order valence-corrected chi connectivity index (χ4v) is 4.17. The molecule has 5 N–H and O–H groups in total. The number of fused-ring (bicyclic) bond motifs is 1. The van der Waals surface area contributed by atoms with Gasteiger partial charge in [0.2, 0.25) is 17.8 Å². The Kier molecular flexibility index (Phi) is 8.35. The summed E-state index contributed by atoms with van der Waals surface area (Å²) in [6.07, 6.45) is 4.78. The minimum atomic E-state index is -0.0908. The van der Waals surface area contributed by atoms with E-state index >= 15 is 0 Å². The first-order valence-corrected chi connectivity index (χ1v) is 12.4. The van der Waals surface area contributed by atoms with Crippen molar-refractivity contribution in [2.45, 2.75) is 39.0 Å². The molecule has 2 amide bonds. The molecule has 36 heavy (non-hydrogen) atoms. The normalized spacial score (nSPS) is 13.1. The number of benzene rings is 2. The summed E-state index contributed by atoms with van der Waals surface area (Å²) in [5.41, 5.74) is 9.81. The van der Waals surface area contributed by atoms with Crippen LogP contribution in [0.5, 0.6) is 0 Å². The maximum Gasteiger partial charge on any atom is 0.229 e. The summed E-state index contributed by atoms with van der Waals surface area (Å²) in [6.45, 7) is 2.95. The smallest absolute Gasteiger partial charge is 0.229 e. The lowest BCUT2D eigenvalue weighted by Crippen LogP contribution is -2.32. The summed E-state index contributed by atoms with van der Waals surface area (Å²) in [5.74, 6) is 0.809. The van der Waals surface area contributed by atoms with Crippen LogP contribution in [0.1, 0.15) is 38.2 Å². The number of nitrogens with zero attached hydrogens (tertiary/aromatic N) is 3. The number of halogens is 1. The molecule has 0 radical (unpaired) electrons. The number of carbonyl (C=O) groups excluding carboxylic acids is 2. The highest BCUT2D eigenvalue weighted by Gasteiger charge is 2.22. The second-order valence-corrected chi connectivity index (χ2v) is 8.88. The minimum Gasteiger partial charge on any atom is -0.337 e. The van der Waals surface area contributed by atoms with Gasteiger partial charge in [-0.2, -0.15) is 4.98 Å². The van der Waals surface area contributed by atoms with E-state index in [2.05, 4.69) is 25.9 Å². The molecule has 4 rings (SSSR count).